The minimum Gasteiger partial charge on any atom is -0.496 e. The summed E-state index contributed by atoms with van der Waals surface area (Å²) in [6, 6.07) is 6.41. The van der Waals surface area contributed by atoms with E-state index < -0.39 is 0 Å². The van der Waals surface area contributed by atoms with Crippen LogP contribution in [0.5, 0.6) is 5.75 Å². The summed E-state index contributed by atoms with van der Waals surface area (Å²) in [5.74, 6) is 1.55. The zero-order chi connectivity index (χ0) is 12.7. The molecule has 0 saturated heterocycles. The molecular formula is C15H25NO. The fourth-order valence-electron chi connectivity index (χ4n) is 2.01. The van der Waals surface area contributed by atoms with Gasteiger partial charge in [0.15, 0.2) is 0 Å². The third-order valence-corrected chi connectivity index (χ3v) is 3.10. The summed E-state index contributed by atoms with van der Waals surface area (Å²) >= 11 is 0. The van der Waals surface area contributed by atoms with E-state index in [0.29, 0.717) is 5.92 Å². The first kappa shape index (κ1) is 14.0. The van der Waals surface area contributed by atoms with Crippen molar-refractivity contribution in [2.24, 2.45) is 0 Å². The van der Waals surface area contributed by atoms with Gasteiger partial charge in [-0.05, 0) is 50.4 Å². The Balaban J connectivity index is 2.60. The minimum atomic E-state index is 0.536. The van der Waals surface area contributed by atoms with Crippen molar-refractivity contribution in [1.82, 2.24) is 5.32 Å². The summed E-state index contributed by atoms with van der Waals surface area (Å²) in [6.07, 6.45) is 2.35. The topological polar surface area (TPSA) is 21.3 Å². The van der Waals surface area contributed by atoms with Gasteiger partial charge in [0, 0.05) is 0 Å². The predicted octanol–water partition coefficient (Wildman–Crippen LogP) is 3.50. The van der Waals surface area contributed by atoms with Crippen LogP contribution in [0, 0.1) is 6.92 Å². The van der Waals surface area contributed by atoms with Gasteiger partial charge < -0.3 is 10.1 Å². The van der Waals surface area contributed by atoms with Crippen LogP contribution >= 0.6 is 0 Å². The molecule has 1 N–H and O–H groups in total. The Morgan fingerprint density at radius 1 is 1.29 bits per heavy atom. The number of benzene rings is 1. The quantitative estimate of drug-likeness (QED) is 0.730. The summed E-state index contributed by atoms with van der Waals surface area (Å²) in [6.45, 7) is 8.78. The van der Waals surface area contributed by atoms with E-state index in [1.165, 1.54) is 17.5 Å². The molecule has 0 bridgehead atoms. The van der Waals surface area contributed by atoms with E-state index in [1.54, 1.807) is 7.11 Å². The van der Waals surface area contributed by atoms with Gasteiger partial charge >= 0.3 is 0 Å². The SMILES string of the molecule is CCCNCCC(C)c1cc(C)ccc1OC. The number of hydrogen-bond acceptors (Lipinski definition) is 2. The second-order valence-electron chi connectivity index (χ2n) is 4.69. The van der Waals surface area contributed by atoms with E-state index in [9.17, 15) is 0 Å². The van der Waals surface area contributed by atoms with E-state index >= 15 is 0 Å². The van der Waals surface area contributed by atoms with Gasteiger partial charge in [-0.1, -0.05) is 31.5 Å². The standard InChI is InChI=1S/C15H25NO/c1-5-9-16-10-8-13(3)14-11-12(2)6-7-15(14)17-4/h6-7,11,13,16H,5,8-10H2,1-4H3. The number of rotatable bonds is 7. The van der Waals surface area contributed by atoms with Gasteiger partial charge in [-0.3, -0.25) is 0 Å². The lowest BCUT2D eigenvalue weighted by Gasteiger charge is -2.16. The van der Waals surface area contributed by atoms with Crippen molar-refractivity contribution in [3.05, 3.63) is 29.3 Å². The average Bonchev–Trinajstić information content (AvgIpc) is 2.34. The van der Waals surface area contributed by atoms with E-state index in [4.69, 9.17) is 4.74 Å². The Hall–Kier alpha value is -1.02. The summed E-state index contributed by atoms with van der Waals surface area (Å²) in [7, 11) is 1.75. The highest BCUT2D eigenvalue weighted by Gasteiger charge is 2.11. The largest absolute Gasteiger partial charge is 0.496 e. The second-order valence-corrected chi connectivity index (χ2v) is 4.69. The molecule has 17 heavy (non-hydrogen) atoms. The smallest absolute Gasteiger partial charge is 0.122 e. The molecule has 0 spiro atoms. The number of methoxy groups -OCH3 is 1. The minimum absolute atomic E-state index is 0.536. The molecule has 1 unspecified atom stereocenters. The van der Waals surface area contributed by atoms with E-state index in [2.05, 4.69) is 44.3 Å². The third kappa shape index (κ3) is 4.39. The Bertz CT molecular complexity index is 336. The normalized spacial score (nSPS) is 12.5. The maximum atomic E-state index is 5.43. The first-order valence-corrected chi connectivity index (χ1v) is 6.54. The van der Waals surface area contributed by atoms with Crippen LogP contribution in [0.4, 0.5) is 0 Å². The van der Waals surface area contributed by atoms with Gasteiger partial charge in [0.25, 0.3) is 0 Å². The molecule has 1 rings (SSSR count). The van der Waals surface area contributed by atoms with E-state index in [-0.39, 0.29) is 0 Å². The molecule has 0 heterocycles. The molecule has 1 atom stereocenters. The van der Waals surface area contributed by atoms with Gasteiger partial charge in [-0.2, -0.15) is 0 Å². The maximum Gasteiger partial charge on any atom is 0.122 e. The van der Waals surface area contributed by atoms with Crippen LogP contribution in [0.15, 0.2) is 18.2 Å². The Morgan fingerprint density at radius 3 is 2.71 bits per heavy atom. The predicted molar refractivity (Wildman–Crippen MR) is 73.9 cm³/mol. The highest BCUT2D eigenvalue weighted by molar-refractivity contribution is 5.39. The fourth-order valence-corrected chi connectivity index (χ4v) is 2.01. The molecule has 0 saturated carbocycles. The maximum absolute atomic E-state index is 5.43. The third-order valence-electron chi connectivity index (χ3n) is 3.10. The molecule has 0 fully saturated rings. The monoisotopic (exact) mass is 235 g/mol. The van der Waals surface area contributed by atoms with Gasteiger partial charge in [-0.25, -0.2) is 0 Å². The van der Waals surface area contributed by atoms with Crippen molar-refractivity contribution in [2.75, 3.05) is 20.2 Å². The molecule has 0 aliphatic rings. The molecule has 0 aromatic heterocycles. The first-order valence-electron chi connectivity index (χ1n) is 6.54. The Morgan fingerprint density at radius 2 is 2.06 bits per heavy atom. The highest BCUT2D eigenvalue weighted by Crippen LogP contribution is 2.29. The lowest BCUT2D eigenvalue weighted by molar-refractivity contribution is 0.404. The van der Waals surface area contributed by atoms with Gasteiger partial charge in [-0.15, -0.1) is 0 Å². The molecule has 0 aliphatic heterocycles. The first-order chi connectivity index (χ1) is 8.19. The molecular weight excluding hydrogens is 210 g/mol. The molecule has 0 aliphatic carbocycles. The summed E-state index contributed by atoms with van der Waals surface area (Å²) in [4.78, 5) is 0. The molecule has 96 valence electrons. The molecule has 1 aromatic carbocycles. The molecule has 0 radical (unpaired) electrons. The zero-order valence-corrected chi connectivity index (χ0v) is 11.5. The fraction of sp³-hybridized carbons (Fsp3) is 0.600. The van der Waals surface area contributed by atoms with Crippen LogP contribution in [0.25, 0.3) is 0 Å². The van der Waals surface area contributed by atoms with Crippen LogP contribution < -0.4 is 10.1 Å². The van der Waals surface area contributed by atoms with Crippen molar-refractivity contribution >= 4 is 0 Å². The van der Waals surface area contributed by atoms with Gasteiger partial charge in [0.2, 0.25) is 0 Å². The van der Waals surface area contributed by atoms with E-state index in [0.717, 1.165) is 25.3 Å². The van der Waals surface area contributed by atoms with Crippen molar-refractivity contribution < 1.29 is 4.74 Å². The van der Waals surface area contributed by atoms with Crippen molar-refractivity contribution in [1.29, 1.82) is 0 Å². The number of aryl methyl sites for hydroxylation is 1. The molecule has 2 nitrogen and oxygen atoms in total. The molecule has 0 amide bonds. The number of ether oxygens (including phenoxy) is 1. The van der Waals surface area contributed by atoms with Crippen LogP contribution in [0.1, 0.15) is 43.7 Å². The summed E-state index contributed by atoms with van der Waals surface area (Å²) in [5.41, 5.74) is 2.62. The number of hydrogen-bond donors (Lipinski definition) is 1. The molecule has 2 heteroatoms. The Kier molecular flexibility index (Phi) is 6.06. The van der Waals surface area contributed by atoms with E-state index in [1.807, 2.05) is 0 Å². The summed E-state index contributed by atoms with van der Waals surface area (Å²) < 4.78 is 5.43. The van der Waals surface area contributed by atoms with Gasteiger partial charge in [0.05, 0.1) is 7.11 Å². The highest BCUT2D eigenvalue weighted by atomic mass is 16.5. The average molecular weight is 235 g/mol. The second kappa shape index (κ2) is 7.33. The lowest BCUT2D eigenvalue weighted by Crippen LogP contribution is -2.17. The van der Waals surface area contributed by atoms with Crippen LogP contribution in [0.3, 0.4) is 0 Å². The van der Waals surface area contributed by atoms with Crippen LogP contribution in [0.2, 0.25) is 0 Å². The number of nitrogens with one attached hydrogen (secondary N) is 1. The molecule has 1 aromatic rings. The Labute approximate surface area is 105 Å². The lowest BCUT2D eigenvalue weighted by atomic mass is 9.95. The van der Waals surface area contributed by atoms with Crippen LogP contribution in [-0.4, -0.2) is 20.2 Å². The summed E-state index contributed by atoms with van der Waals surface area (Å²) in [5, 5.41) is 3.45. The van der Waals surface area contributed by atoms with Gasteiger partial charge in [0.1, 0.15) is 5.75 Å². The van der Waals surface area contributed by atoms with Crippen LogP contribution in [-0.2, 0) is 0 Å². The zero-order valence-electron chi connectivity index (χ0n) is 11.5. The van der Waals surface area contributed by atoms with Crippen molar-refractivity contribution in [3.8, 4) is 5.75 Å². The van der Waals surface area contributed by atoms with Crippen molar-refractivity contribution in [2.45, 2.75) is 39.5 Å². The van der Waals surface area contributed by atoms with Crippen molar-refractivity contribution in [3.63, 3.8) is 0 Å².